The molecule has 6 nitrogen and oxygen atoms in total. The van der Waals surface area contributed by atoms with E-state index < -0.39 is 6.10 Å². The van der Waals surface area contributed by atoms with Crippen LogP contribution in [0.4, 0.5) is 5.69 Å². The molecule has 1 heterocycles. The summed E-state index contributed by atoms with van der Waals surface area (Å²) in [5, 5.41) is 16.4. The van der Waals surface area contributed by atoms with E-state index in [9.17, 15) is 9.90 Å². The third kappa shape index (κ3) is 7.20. The second kappa shape index (κ2) is 11.2. The van der Waals surface area contributed by atoms with Crippen molar-refractivity contribution in [1.29, 1.82) is 0 Å². The molecule has 3 N–H and O–H groups in total. The van der Waals surface area contributed by atoms with Crippen LogP contribution in [0.3, 0.4) is 0 Å². The van der Waals surface area contributed by atoms with Gasteiger partial charge < -0.3 is 20.3 Å². The van der Waals surface area contributed by atoms with Crippen molar-refractivity contribution in [2.45, 2.75) is 32.8 Å². The highest BCUT2D eigenvalue weighted by molar-refractivity contribution is 5.91. The van der Waals surface area contributed by atoms with Crippen LogP contribution in [0, 0.1) is 0 Å². The number of carbonyl (C=O) groups is 1. The average Bonchev–Trinajstić information content (AvgIpc) is 3.12. The molecule has 0 spiro atoms. The minimum atomic E-state index is -0.540. The summed E-state index contributed by atoms with van der Waals surface area (Å²) in [6.45, 7) is 5.19. The second-order valence-electron chi connectivity index (χ2n) is 7.73. The Morgan fingerprint density at radius 1 is 1.10 bits per heavy atom. The molecular formula is C25H30N4O2. The summed E-state index contributed by atoms with van der Waals surface area (Å²) in [6.07, 6.45) is 4.31. The number of nitrogens with zero attached hydrogens (tertiary/aromatic N) is 2. The van der Waals surface area contributed by atoms with Crippen LogP contribution in [0.15, 0.2) is 72.4 Å². The number of hydrogen-bond donors (Lipinski definition) is 3. The Hall–Kier alpha value is -3.22. The summed E-state index contributed by atoms with van der Waals surface area (Å²) in [6, 6.07) is 19.0. The zero-order chi connectivity index (χ0) is 22.1. The molecule has 1 amide bonds. The van der Waals surface area contributed by atoms with Gasteiger partial charge in [0.05, 0.1) is 18.2 Å². The molecule has 3 rings (SSSR count). The number of nitrogens with one attached hydrogen (secondary N) is 2. The third-order valence-corrected chi connectivity index (χ3v) is 4.71. The molecule has 0 aliphatic heterocycles. The van der Waals surface area contributed by atoms with Crippen LogP contribution >= 0.6 is 0 Å². The van der Waals surface area contributed by atoms with Crippen LogP contribution in [0.1, 0.15) is 37.0 Å². The molecule has 0 fully saturated rings. The van der Waals surface area contributed by atoms with Crippen molar-refractivity contribution in [2.24, 2.45) is 0 Å². The van der Waals surface area contributed by atoms with Gasteiger partial charge in [-0.05, 0) is 31.5 Å². The van der Waals surface area contributed by atoms with Gasteiger partial charge in [0.1, 0.15) is 5.82 Å². The minimum Gasteiger partial charge on any atom is -0.387 e. The second-order valence-corrected chi connectivity index (χ2v) is 7.73. The van der Waals surface area contributed by atoms with Gasteiger partial charge in [-0.3, -0.25) is 4.79 Å². The van der Waals surface area contributed by atoms with Crippen molar-refractivity contribution in [3.05, 3.63) is 89.5 Å². The van der Waals surface area contributed by atoms with Gasteiger partial charge in [-0.15, -0.1) is 0 Å². The molecule has 6 heteroatoms. The molecule has 0 bridgehead atoms. The number of imidazole rings is 1. The van der Waals surface area contributed by atoms with Gasteiger partial charge in [0.25, 0.3) is 0 Å². The van der Waals surface area contributed by atoms with Crippen molar-refractivity contribution < 1.29 is 9.90 Å². The lowest BCUT2D eigenvalue weighted by molar-refractivity contribution is -0.115. The maximum atomic E-state index is 12.5. The van der Waals surface area contributed by atoms with E-state index in [1.165, 1.54) is 0 Å². The van der Waals surface area contributed by atoms with Crippen LogP contribution in [0.5, 0.6) is 0 Å². The molecule has 0 saturated heterocycles. The first-order valence-electron chi connectivity index (χ1n) is 10.5. The molecule has 1 aromatic heterocycles. The number of aliphatic hydroxyl groups excluding tert-OH is 1. The van der Waals surface area contributed by atoms with Gasteiger partial charge in [-0.1, -0.05) is 54.1 Å². The lowest BCUT2D eigenvalue weighted by atomic mass is 10.1. The van der Waals surface area contributed by atoms with Crippen molar-refractivity contribution in [3.8, 4) is 0 Å². The standard InChI is InChI=1S/C25H30N4O2/c1-19(2)17-29-18-22(13-14-26-16-23(30)20-9-5-3-6-10-20)27-24(29)15-25(31)28-21-11-7-4-8-12-21/h3-12,17-18,23,26,30H,13-16H2,1-2H3,(H,28,31)/t23-/m0/s1. The quantitative estimate of drug-likeness (QED) is 0.438. The van der Waals surface area contributed by atoms with E-state index in [1.807, 2.05) is 91.5 Å². The van der Waals surface area contributed by atoms with Gasteiger partial charge in [0.15, 0.2) is 0 Å². The number of carbonyl (C=O) groups excluding carboxylic acids is 1. The normalized spacial score (nSPS) is 11.7. The van der Waals surface area contributed by atoms with Crippen molar-refractivity contribution >= 4 is 17.8 Å². The minimum absolute atomic E-state index is 0.101. The lowest BCUT2D eigenvalue weighted by Gasteiger charge is -2.11. The third-order valence-electron chi connectivity index (χ3n) is 4.71. The number of para-hydroxylation sites is 1. The highest BCUT2D eigenvalue weighted by Crippen LogP contribution is 2.12. The van der Waals surface area contributed by atoms with Crippen LogP contribution in [-0.4, -0.2) is 33.7 Å². The van der Waals surface area contributed by atoms with Crippen molar-refractivity contribution in [2.75, 3.05) is 18.4 Å². The number of hydrogen-bond acceptors (Lipinski definition) is 4. The molecule has 0 saturated carbocycles. The summed E-state index contributed by atoms with van der Waals surface area (Å²) >= 11 is 0. The summed E-state index contributed by atoms with van der Waals surface area (Å²) in [5.74, 6) is 0.602. The number of aliphatic hydroxyl groups is 1. The fourth-order valence-electron chi connectivity index (χ4n) is 3.25. The van der Waals surface area contributed by atoms with E-state index >= 15 is 0 Å². The number of benzene rings is 2. The van der Waals surface area contributed by atoms with Crippen molar-refractivity contribution in [3.63, 3.8) is 0 Å². The Balaban J connectivity index is 1.56. The van der Waals surface area contributed by atoms with Crippen LogP contribution in [0.25, 0.3) is 6.20 Å². The molecule has 0 radical (unpaired) electrons. The SMILES string of the molecule is CC(C)=Cn1cc(CCNC[C@H](O)c2ccccc2)nc1CC(=O)Nc1ccccc1. The molecule has 3 aromatic rings. The summed E-state index contributed by atoms with van der Waals surface area (Å²) in [5.41, 5.74) is 3.70. The fraction of sp³-hybridized carbons (Fsp3) is 0.280. The molecule has 162 valence electrons. The largest absolute Gasteiger partial charge is 0.387 e. The van der Waals surface area contributed by atoms with Gasteiger partial charge in [0.2, 0.25) is 5.91 Å². The molecule has 0 aliphatic rings. The summed E-state index contributed by atoms with van der Waals surface area (Å²) in [7, 11) is 0. The van der Waals surface area contributed by atoms with E-state index in [0.717, 1.165) is 22.5 Å². The van der Waals surface area contributed by atoms with E-state index in [1.54, 1.807) is 0 Å². The number of rotatable bonds is 10. The Kier molecular flexibility index (Phi) is 8.15. The molecule has 2 aromatic carbocycles. The fourth-order valence-corrected chi connectivity index (χ4v) is 3.25. The predicted molar refractivity (Wildman–Crippen MR) is 125 cm³/mol. The lowest BCUT2D eigenvalue weighted by Crippen LogP contribution is -2.23. The Labute approximate surface area is 183 Å². The number of allylic oxidation sites excluding steroid dienone is 1. The van der Waals surface area contributed by atoms with Gasteiger partial charge in [-0.25, -0.2) is 4.98 Å². The molecule has 31 heavy (non-hydrogen) atoms. The molecule has 0 unspecified atom stereocenters. The predicted octanol–water partition coefficient (Wildman–Crippen LogP) is 3.81. The number of anilines is 1. The topological polar surface area (TPSA) is 79.2 Å². The number of aromatic nitrogens is 2. The van der Waals surface area contributed by atoms with Crippen LogP contribution in [-0.2, 0) is 17.6 Å². The van der Waals surface area contributed by atoms with E-state index in [2.05, 4.69) is 15.6 Å². The van der Waals surface area contributed by atoms with Crippen LogP contribution in [0.2, 0.25) is 0 Å². The first-order valence-corrected chi connectivity index (χ1v) is 10.5. The number of amides is 1. The average molecular weight is 419 g/mol. The maximum Gasteiger partial charge on any atom is 0.231 e. The zero-order valence-corrected chi connectivity index (χ0v) is 18.1. The van der Waals surface area contributed by atoms with Crippen molar-refractivity contribution in [1.82, 2.24) is 14.9 Å². The molecule has 1 atom stereocenters. The van der Waals surface area contributed by atoms with E-state index in [4.69, 9.17) is 0 Å². The molecule has 0 aliphatic carbocycles. The Bertz CT molecular complexity index is 993. The van der Waals surface area contributed by atoms with Gasteiger partial charge in [0, 0.05) is 37.6 Å². The summed E-state index contributed by atoms with van der Waals surface area (Å²) in [4.78, 5) is 17.1. The maximum absolute atomic E-state index is 12.5. The van der Waals surface area contributed by atoms with E-state index in [0.29, 0.717) is 25.3 Å². The molecular weight excluding hydrogens is 388 g/mol. The summed E-state index contributed by atoms with van der Waals surface area (Å²) < 4.78 is 1.92. The smallest absolute Gasteiger partial charge is 0.231 e. The monoisotopic (exact) mass is 418 g/mol. The van der Waals surface area contributed by atoms with Gasteiger partial charge in [-0.2, -0.15) is 0 Å². The zero-order valence-electron chi connectivity index (χ0n) is 18.1. The van der Waals surface area contributed by atoms with Gasteiger partial charge >= 0.3 is 0 Å². The first-order chi connectivity index (χ1) is 15.0. The first kappa shape index (κ1) is 22.5. The van der Waals surface area contributed by atoms with E-state index in [-0.39, 0.29) is 12.3 Å². The Morgan fingerprint density at radius 2 is 1.77 bits per heavy atom. The highest BCUT2D eigenvalue weighted by atomic mass is 16.3. The van der Waals surface area contributed by atoms with Crippen LogP contribution < -0.4 is 10.6 Å². The highest BCUT2D eigenvalue weighted by Gasteiger charge is 2.12. The Morgan fingerprint density at radius 3 is 2.45 bits per heavy atom.